The van der Waals surface area contributed by atoms with Crippen molar-refractivity contribution in [1.82, 2.24) is 4.98 Å². The van der Waals surface area contributed by atoms with Crippen molar-refractivity contribution in [2.24, 2.45) is 5.41 Å². The molecule has 2 aliphatic rings. The Morgan fingerprint density at radius 2 is 2.09 bits per heavy atom. The fourth-order valence-electron chi connectivity index (χ4n) is 3.59. The van der Waals surface area contributed by atoms with Crippen molar-refractivity contribution >= 4 is 28.1 Å². The number of benzene rings is 1. The molecule has 1 aromatic heterocycles. The average molecular weight is 324 g/mol. The number of rotatable bonds is 2. The Balaban J connectivity index is 1.53. The predicted octanol–water partition coefficient (Wildman–Crippen LogP) is 2.65. The number of hydrogen-bond donors (Lipinski definition) is 0. The lowest BCUT2D eigenvalue weighted by Gasteiger charge is -2.24. The van der Waals surface area contributed by atoms with Crippen LogP contribution in [0.3, 0.4) is 0 Å². The van der Waals surface area contributed by atoms with E-state index in [1.54, 1.807) is 23.5 Å². The fourth-order valence-corrected chi connectivity index (χ4v) is 4.26. The standard InChI is InChI=1S/C17H16N4OS/c18-10-13-1-3-14(4-2-13)21-12-17(9-15(21)22)5-7-20(11-17)16-19-6-8-23-16/h1-4,6,8H,5,7,9,11-12H2/t17-/m1/s1. The summed E-state index contributed by atoms with van der Waals surface area (Å²) in [7, 11) is 0. The summed E-state index contributed by atoms with van der Waals surface area (Å²) >= 11 is 1.65. The lowest BCUT2D eigenvalue weighted by Crippen LogP contribution is -2.31. The molecule has 1 amide bonds. The molecule has 0 N–H and O–H groups in total. The van der Waals surface area contributed by atoms with Crippen LogP contribution in [-0.4, -0.2) is 30.5 Å². The molecule has 23 heavy (non-hydrogen) atoms. The van der Waals surface area contributed by atoms with Gasteiger partial charge in [0, 0.05) is 48.7 Å². The van der Waals surface area contributed by atoms with Crippen LogP contribution in [0.5, 0.6) is 0 Å². The minimum atomic E-state index is 0.0245. The van der Waals surface area contributed by atoms with Crippen molar-refractivity contribution in [3.8, 4) is 6.07 Å². The van der Waals surface area contributed by atoms with E-state index >= 15 is 0 Å². The van der Waals surface area contributed by atoms with E-state index < -0.39 is 0 Å². The lowest BCUT2D eigenvalue weighted by molar-refractivity contribution is -0.117. The van der Waals surface area contributed by atoms with E-state index in [2.05, 4.69) is 16.0 Å². The summed E-state index contributed by atoms with van der Waals surface area (Å²) < 4.78 is 0. The number of amides is 1. The molecule has 0 bridgehead atoms. The summed E-state index contributed by atoms with van der Waals surface area (Å²) in [5.74, 6) is 0.177. The van der Waals surface area contributed by atoms with Gasteiger partial charge in [0.15, 0.2) is 5.13 Å². The first-order valence-electron chi connectivity index (χ1n) is 7.64. The van der Waals surface area contributed by atoms with Gasteiger partial charge < -0.3 is 9.80 Å². The van der Waals surface area contributed by atoms with Gasteiger partial charge in [0.25, 0.3) is 0 Å². The molecule has 4 rings (SSSR count). The highest BCUT2D eigenvalue weighted by Crippen LogP contribution is 2.43. The minimum Gasteiger partial charge on any atom is -0.347 e. The van der Waals surface area contributed by atoms with Gasteiger partial charge in [0.05, 0.1) is 11.6 Å². The van der Waals surface area contributed by atoms with Gasteiger partial charge in [-0.3, -0.25) is 4.79 Å². The van der Waals surface area contributed by atoms with Crippen LogP contribution in [-0.2, 0) is 4.79 Å². The molecule has 2 aromatic rings. The first-order valence-corrected chi connectivity index (χ1v) is 8.52. The van der Waals surface area contributed by atoms with Crippen LogP contribution in [0.25, 0.3) is 0 Å². The zero-order chi connectivity index (χ0) is 15.9. The zero-order valence-corrected chi connectivity index (χ0v) is 13.4. The number of carbonyl (C=O) groups is 1. The highest BCUT2D eigenvalue weighted by atomic mass is 32.1. The number of nitrogens with zero attached hydrogens (tertiary/aromatic N) is 4. The van der Waals surface area contributed by atoms with Crippen LogP contribution in [0, 0.1) is 16.7 Å². The third kappa shape index (κ3) is 2.47. The van der Waals surface area contributed by atoms with Gasteiger partial charge in [-0.05, 0) is 30.7 Å². The summed E-state index contributed by atoms with van der Waals surface area (Å²) in [5, 5.41) is 11.9. The maximum Gasteiger partial charge on any atom is 0.227 e. The Bertz CT molecular complexity index is 765. The monoisotopic (exact) mass is 324 g/mol. The van der Waals surface area contributed by atoms with Crippen LogP contribution in [0.15, 0.2) is 35.8 Å². The largest absolute Gasteiger partial charge is 0.347 e. The molecular formula is C17H16N4OS. The van der Waals surface area contributed by atoms with Crippen LogP contribution in [0.1, 0.15) is 18.4 Å². The van der Waals surface area contributed by atoms with Gasteiger partial charge in [-0.2, -0.15) is 5.26 Å². The van der Waals surface area contributed by atoms with Gasteiger partial charge in [0.1, 0.15) is 0 Å². The van der Waals surface area contributed by atoms with E-state index in [9.17, 15) is 4.79 Å². The summed E-state index contributed by atoms with van der Waals surface area (Å²) in [6, 6.07) is 9.37. The van der Waals surface area contributed by atoms with Gasteiger partial charge >= 0.3 is 0 Å². The van der Waals surface area contributed by atoms with Crippen molar-refractivity contribution in [1.29, 1.82) is 5.26 Å². The Kier molecular flexibility index (Phi) is 3.31. The molecule has 0 aliphatic carbocycles. The summed E-state index contributed by atoms with van der Waals surface area (Å²) in [4.78, 5) is 21.1. The van der Waals surface area contributed by atoms with Crippen molar-refractivity contribution in [3.05, 3.63) is 41.4 Å². The van der Waals surface area contributed by atoms with E-state index in [-0.39, 0.29) is 11.3 Å². The Labute approximate surface area is 138 Å². The van der Waals surface area contributed by atoms with E-state index in [0.717, 1.165) is 36.9 Å². The molecule has 0 radical (unpaired) electrons. The first kappa shape index (κ1) is 14.2. The van der Waals surface area contributed by atoms with Gasteiger partial charge in [-0.15, -0.1) is 11.3 Å². The third-order valence-electron chi connectivity index (χ3n) is 4.76. The summed E-state index contributed by atoms with van der Waals surface area (Å²) in [5.41, 5.74) is 1.53. The maximum absolute atomic E-state index is 12.5. The van der Waals surface area contributed by atoms with Gasteiger partial charge in [-0.25, -0.2) is 4.98 Å². The Morgan fingerprint density at radius 3 is 2.78 bits per heavy atom. The molecule has 3 heterocycles. The van der Waals surface area contributed by atoms with E-state index in [1.807, 2.05) is 28.6 Å². The van der Waals surface area contributed by atoms with Crippen LogP contribution in [0.2, 0.25) is 0 Å². The Morgan fingerprint density at radius 1 is 1.26 bits per heavy atom. The highest BCUT2D eigenvalue weighted by molar-refractivity contribution is 7.13. The molecule has 1 aromatic carbocycles. The number of nitriles is 1. The molecule has 116 valence electrons. The topological polar surface area (TPSA) is 60.2 Å². The van der Waals surface area contributed by atoms with E-state index in [1.165, 1.54) is 0 Å². The second-order valence-corrected chi connectivity index (χ2v) is 7.17. The normalized spacial score (nSPS) is 23.7. The molecule has 2 saturated heterocycles. The average Bonchev–Trinajstić information content (AvgIpc) is 3.29. The fraction of sp³-hybridized carbons (Fsp3) is 0.353. The van der Waals surface area contributed by atoms with Gasteiger partial charge in [0.2, 0.25) is 5.91 Å². The second-order valence-electron chi connectivity index (χ2n) is 6.30. The van der Waals surface area contributed by atoms with Gasteiger partial charge in [-0.1, -0.05) is 0 Å². The molecule has 2 aliphatic heterocycles. The van der Waals surface area contributed by atoms with Crippen LogP contribution >= 0.6 is 11.3 Å². The first-order chi connectivity index (χ1) is 11.2. The number of carbonyl (C=O) groups excluding carboxylic acids is 1. The number of anilines is 2. The van der Waals surface area contributed by atoms with Crippen molar-refractivity contribution in [3.63, 3.8) is 0 Å². The summed E-state index contributed by atoms with van der Waals surface area (Å²) in [6.07, 6.45) is 3.44. The van der Waals surface area contributed by atoms with E-state index in [4.69, 9.17) is 5.26 Å². The van der Waals surface area contributed by atoms with Crippen LogP contribution in [0.4, 0.5) is 10.8 Å². The minimum absolute atomic E-state index is 0.0245. The zero-order valence-electron chi connectivity index (χ0n) is 12.6. The molecule has 2 fully saturated rings. The van der Waals surface area contributed by atoms with Crippen molar-refractivity contribution in [2.75, 3.05) is 29.4 Å². The molecule has 0 unspecified atom stereocenters. The van der Waals surface area contributed by atoms with Crippen molar-refractivity contribution in [2.45, 2.75) is 12.8 Å². The SMILES string of the molecule is N#Cc1ccc(N2C[C@]3(CCN(c4nccs4)C3)CC2=O)cc1. The number of hydrogen-bond acceptors (Lipinski definition) is 5. The molecule has 5 nitrogen and oxygen atoms in total. The molecule has 0 saturated carbocycles. The molecule has 1 atom stereocenters. The van der Waals surface area contributed by atoms with E-state index in [0.29, 0.717) is 12.0 Å². The number of thiazole rings is 1. The number of aromatic nitrogens is 1. The van der Waals surface area contributed by atoms with Crippen LogP contribution < -0.4 is 9.80 Å². The predicted molar refractivity (Wildman–Crippen MR) is 89.5 cm³/mol. The maximum atomic E-state index is 12.5. The molecular weight excluding hydrogens is 308 g/mol. The highest BCUT2D eigenvalue weighted by Gasteiger charge is 2.48. The Hall–Kier alpha value is -2.39. The van der Waals surface area contributed by atoms with Crippen molar-refractivity contribution < 1.29 is 4.79 Å². The third-order valence-corrected chi connectivity index (χ3v) is 5.59. The summed E-state index contributed by atoms with van der Waals surface area (Å²) in [6.45, 7) is 2.60. The molecule has 6 heteroatoms. The second kappa shape index (κ2) is 5.36. The lowest BCUT2D eigenvalue weighted by atomic mass is 9.86. The quantitative estimate of drug-likeness (QED) is 0.852. The smallest absolute Gasteiger partial charge is 0.227 e. The molecule has 1 spiro atoms.